The number of aliphatic carboxylic acids is 1. The van der Waals surface area contributed by atoms with Crippen LogP contribution in [0.1, 0.15) is 42.5 Å². The number of para-hydroxylation sites is 1. The van der Waals surface area contributed by atoms with E-state index < -0.39 is 17.9 Å². The number of benzene rings is 1. The molecule has 1 aromatic rings. The van der Waals surface area contributed by atoms with Crippen LogP contribution in [0.5, 0.6) is 5.75 Å². The molecule has 27 heavy (non-hydrogen) atoms. The van der Waals surface area contributed by atoms with Gasteiger partial charge in [-0.1, -0.05) is 40.1 Å². The van der Waals surface area contributed by atoms with Gasteiger partial charge in [-0.05, 0) is 31.4 Å². The van der Waals surface area contributed by atoms with Crippen LogP contribution in [0.4, 0.5) is 0 Å². The fourth-order valence-electron chi connectivity index (χ4n) is 2.63. The van der Waals surface area contributed by atoms with E-state index in [9.17, 15) is 24.6 Å². The second-order valence-electron chi connectivity index (χ2n) is 6.26. The molecule has 1 aliphatic heterocycles. The molecule has 1 heterocycles. The molecule has 2 unspecified atom stereocenters. The van der Waals surface area contributed by atoms with Crippen molar-refractivity contribution in [2.24, 2.45) is 0 Å². The number of carboxylic acids is 1. The van der Waals surface area contributed by atoms with Crippen LogP contribution in [0.3, 0.4) is 0 Å². The van der Waals surface area contributed by atoms with Gasteiger partial charge in [0.15, 0.2) is 0 Å². The largest absolute Gasteiger partial charge is 0.507 e. The minimum absolute atomic E-state index is 0.0157. The third kappa shape index (κ3) is 7.34. The Labute approximate surface area is 166 Å². The number of nitrogens with one attached hydrogen (secondary N) is 2. The number of unbranched alkanes of at least 4 members (excludes halogenated alkanes) is 1. The maximum Gasteiger partial charge on any atom is 0.328 e. The van der Waals surface area contributed by atoms with Gasteiger partial charge < -0.3 is 20.8 Å². The third-order valence-electron chi connectivity index (χ3n) is 4.16. The van der Waals surface area contributed by atoms with Gasteiger partial charge in [-0.2, -0.15) is 0 Å². The molecule has 9 heteroatoms. The Morgan fingerprint density at radius 1 is 1.22 bits per heavy atom. The average molecular weight is 413 g/mol. The molecule has 2 amide bonds. The highest BCUT2D eigenvalue weighted by Gasteiger charge is 2.22. The van der Waals surface area contributed by atoms with E-state index in [-0.39, 0.29) is 23.8 Å². The minimum atomic E-state index is -1.27. The summed E-state index contributed by atoms with van der Waals surface area (Å²) in [5.74, 6) is -1.23. The van der Waals surface area contributed by atoms with Crippen molar-refractivity contribution in [3.63, 3.8) is 0 Å². The minimum Gasteiger partial charge on any atom is -0.507 e. The van der Waals surface area contributed by atoms with Gasteiger partial charge in [0.25, 0.3) is 5.91 Å². The maximum atomic E-state index is 12.1. The standard InChI is InChI=1S/C18H24N2O5S2/c21-15-7-3-2-6-13(15)17(23)20-14(18(24)25)11-19-16(22)8-4-1-5-12-9-10-26-27-12/h2-3,6-7,12,14,21H,1,4-5,8-11H2,(H,19,22)(H,20,23)(H,24,25). The summed E-state index contributed by atoms with van der Waals surface area (Å²) in [6, 6.07) is 4.59. The van der Waals surface area contributed by atoms with Crippen LogP contribution in [0, 0.1) is 0 Å². The molecule has 2 rings (SSSR count). The summed E-state index contributed by atoms with van der Waals surface area (Å²) >= 11 is 0. The summed E-state index contributed by atoms with van der Waals surface area (Å²) in [6.45, 7) is -0.206. The summed E-state index contributed by atoms with van der Waals surface area (Å²) in [7, 11) is 3.81. The van der Waals surface area contributed by atoms with Gasteiger partial charge in [0.1, 0.15) is 11.8 Å². The number of carboxylic acid groups (broad SMARTS) is 1. The number of amides is 2. The zero-order valence-electron chi connectivity index (χ0n) is 14.8. The van der Waals surface area contributed by atoms with E-state index in [2.05, 4.69) is 10.6 Å². The Hall–Kier alpha value is -1.87. The van der Waals surface area contributed by atoms with Crippen molar-refractivity contribution in [2.75, 3.05) is 12.3 Å². The van der Waals surface area contributed by atoms with Gasteiger partial charge in [-0.3, -0.25) is 9.59 Å². The van der Waals surface area contributed by atoms with Crippen LogP contribution < -0.4 is 10.6 Å². The zero-order chi connectivity index (χ0) is 19.6. The van der Waals surface area contributed by atoms with Crippen LogP contribution in [0.25, 0.3) is 0 Å². The average Bonchev–Trinajstić information content (AvgIpc) is 3.15. The lowest BCUT2D eigenvalue weighted by atomic mass is 10.1. The van der Waals surface area contributed by atoms with Crippen LogP contribution >= 0.6 is 21.6 Å². The lowest BCUT2D eigenvalue weighted by Crippen LogP contribution is -2.48. The Morgan fingerprint density at radius 2 is 2.00 bits per heavy atom. The third-order valence-corrected chi connectivity index (χ3v) is 7.17. The monoisotopic (exact) mass is 412 g/mol. The Kier molecular flexibility index (Phi) is 8.80. The van der Waals surface area contributed by atoms with E-state index in [0.717, 1.165) is 19.3 Å². The Morgan fingerprint density at radius 3 is 2.67 bits per heavy atom. The van der Waals surface area contributed by atoms with E-state index in [1.165, 1.54) is 24.3 Å². The summed E-state index contributed by atoms with van der Waals surface area (Å²) in [5, 5.41) is 24.5. The molecule has 1 saturated heterocycles. The van der Waals surface area contributed by atoms with Gasteiger partial charge in [-0.15, -0.1) is 0 Å². The van der Waals surface area contributed by atoms with Crippen LogP contribution in [0.2, 0.25) is 0 Å². The summed E-state index contributed by atoms with van der Waals surface area (Å²) in [4.78, 5) is 35.4. The first-order chi connectivity index (χ1) is 13.0. The van der Waals surface area contributed by atoms with Gasteiger partial charge in [0.2, 0.25) is 5.91 Å². The van der Waals surface area contributed by atoms with Crippen molar-refractivity contribution >= 4 is 39.4 Å². The Bertz CT molecular complexity index is 665. The predicted molar refractivity (Wildman–Crippen MR) is 107 cm³/mol. The topological polar surface area (TPSA) is 116 Å². The number of hydrogen-bond acceptors (Lipinski definition) is 6. The number of rotatable bonds is 10. The van der Waals surface area contributed by atoms with Gasteiger partial charge in [0.05, 0.1) is 5.56 Å². The molecule has 0 aliphatic carbocycles. The van der Waals surface area contributed by atoms with E-state index in [4.69, 9.17) is 0 Å². The first kappa shape index (κ1) is 21.4. The zero-order valence-corrected chi connectivity index (χ0v) is 16.5. The van der Waals surface area contributed by atoms with Crippen LogP contribution in [-0.4, -0.2) is 51.6 Å². The number of carbonyl (C=O) groups excluding carboxylic acids is 2. The van der Waals surface area contributed by atoms with Gasteiger partial charge in [0, 0.05) is 24.0 Å². The number of phenols is 1. The van der Waals surface area contributed by atoms with E-state index in [0.29, 0.717) is 11.7 Å². The van der Waals surface area contributed by atoms with E-state index >= 15 is 0 Å². The van der Waals surface area contributed by atoms with Gasteiger partial charge >= 0.3 is 5.97 Å². The fourth-order valence-corrected chi connectivity index (χ4v) is 5.66. The first-order valence-corrected chi connectivity index (χ1v) is 11.2. The molecule has 0 saturated carbocycles. The van der Waals surface area contributed by atoms with Crippen molar-refractivity contribution in [3.05, 3.63) is 29.8 Å². The van der Waals surface area contributed by atoms with E-state index in [1.54, 1.807) is 12.1 Å². The summed E-state index contributed by atoms with van der Waals surface area (Å²) < 4.78 is 0. The molecular weight excluding hydrogens is 388 g/mol. The SMILES string of the molecule is O=C(CCCCC1CCSS1)NCC(NC(=O)c1ccccc1O)C(=O)O. The predicted octanol–water partition coefficient (Wildman–Crippen LogP) is 2.41. The van der Waals surface area contributed by atoms with Crippen molar-refractivity contribution in [3.8, 4) is 5.75 Å². The molecule has 1 aromatic carbocycles. The molecule has 7 nitrogen and oxygen atoms in total. The highest BCUT2D eigenvalue weighted by Crippen LogP contribution is 2.39. The molecule has 0 radical (unpaired) electrons. The molecule has 1 fully saturated rings. The second kappa shape index (κ2) is 11.1. The van der Waals surface area contributed by atoms with Crippen molar-refractivity contribution < 1.29 is 24.6 Å². The smallest absolute Gasteiger partial charge is 0.328 e. The Balaban J connectivity index is 1.71. The molecule has 4 N–H and O–H groups in total. The molecule has 0 bridgehead atoms. The molecule has 0 spiro atoms. The molecule has 1 aliphatic rings. The molecular formula is C18H24N2O5S2. The van der Waals surface area contributed by atoms with Crippen molar-refractivity contribution in [1.29, 1.82) is 0 Å². The van der Waals surface area contributed by atoms with E-state index in [1.807, 2.05) is 21.6 Å². The lowest BCUT2D eigenvalue weighted by Gasteiger charge is -2.16. The number of phenolic OH excluding ortho intramolecular Hbond substituents is 1. The van der Waals surface area contributed by atoms with Crippen LogP contribution in [0.15, 0.2) is 24.3 Å². The summed E-state index contributed by atoms with van der Waals surface area (Å²) in [5.41, 5.74) is -0.0157. The normalized spacial score (nSPS) is 17.3. The van der Waals surface area contributed by atoms with Crippen molar-refractivity contribution in [2.45, 2.75) is 43.4 Å². The molecule has 148 valence electrons. The highest BCUT2D eigenvalue weighted by molar-refractivity contribution is 8.77. The number of carbonyl (C=O) groups is 3. The lowest BCUT2D eigenvalue weighted by molar-refractivity contribution is -0.139. The highest BCUT2D eigenvalue weighted by atomic mass is 33.1. The summed E-state index contributed by atoms with van der Waals surface area (Å²) in [6.07, 6.45) is 4.38. The fraction of sp³-hybridized carbons (Fsp3) is 0.500. The van der Waals surface area contributed by atoms with Crippen molar-refractivity contribution in [1.82, 2.24) is 10.6 Å². The number of hydrogen-bond donors (Lipinski definition) is 4. The quantitative estimate of drug-likeness (QED) is 0.344. The molecule has 2 atom stereocenters. The second-order valence-corrected chi connectivity index (χ2v) is 9.05. The maximum absolute atomic E-state index is 12.1. The first-order valence-electron chi connectivity index (χ1n) is 8.84. The van der Waals surface area contributed by atoms with Gasteiger partial charge in [-0.25, -0.2) is 4.79 Å². The number of aromatic hydroxyl groups is 1. The van der Waals surface area contributed by atoms with Crippen LogP contribution in [-0.2, 0) is 9.59 Å². The molecule has 0 aromatic heterocycles.